The summed E-state index contributed by atoms with van der Waals surface area (Å²) >= 11 is 1.61. The highest BCUT2D eigenvalue weighted by molar-refractivity contribution is 7.17. The van der Waals surface area contributed by atoms with Gasteiger partial charge in [-0.3, -0.25) is 0 Å². The third-order valence-corrected chi connectivity index (χ3v) is 4.31. The normalized spacial score (nSPS) is 12.8. The molecular formula is C16H13FOS. The number of halogens is 1. The maximum absolute atomic E-state index is 13.1. The van der Waals surface area contributed by atoms with Gasteiger partial charge in [0.2, 0.25) is 0 Å². The lowest BCUT2D eigenvalue weighted by Gasteiger charge is -2.13. The van der Waals surface area contributed by atoms with E-state index in [-0.39, 0.29) is 5.82 Å². The van der Waals surface area contributed by atoms with Crippen LogP contribution in [0.2, 0.25) is 0 Å². The molecule has 0 spiro atoms. The molecule has 3 aromatic rings. The molecule has 1 unspecified atom stereocenters. The van der Waals surface area contributed by atoms with Crippen LogP contribution in [-0.4, -0.2) is 5.11 Å². The van der Waals surface area contributed by atoms with Crippen molar-refractivity contribution in [3.63, 3.8) is 0 Å². The second-order valence-electron chi connectivity index (χ2n) is 4.59. The Labute approximate surface area is 115 Å². The molecule has 19 heavy (non-hydrogen) atoms. The Bertz CT molecular complexity index is 732. The van der Waals surface area contributed by atoms with Gasteiger partial charge in [-0.1, -0.05) is 24.3 Å². The maximum Gasteiger partial charge on any atom is 0.123 e. The Balaban J connectivity index is 2.10. The van der Waals surface area contributed by atoms with Gasteiger partial charge in [-0.05, 0) is 47.0 Å². The van der Waals surface area contributed by atoms with Crippen molar-refractivity contribution < 1.29 is 9.50 Å². The average Bonchev–Trinajstić information content (AvgIpc) is 2.82. The first-order valence-corrected chi connectivity index (χ1v) is 6.95. The van der Waals surface area contributed by atoms with Crippen LogP contribution in [-0.2, 0) is 0 Å². The molecule has 1 atom stereocenters. The Morgan fingerprint density at radius 3 is 2.68 bits per heavy atom. The van der Waals surface area contributed by atoms with Gasteiger partial charge in [0.05, 0.1) is 0 Å². The zero-order valence-electron chi connectivity index (χ0n) is 10.4. The standard InChI is InChI=1S/C16H13FOS/c1-10-8-11(17)6-7-12(10)16(18)14-9-19-15-5-3-2-4-13(14)15/h2-9,16,18H,1H3. The van der Waals surface area contributed by atoms with Gasteiger partial charge in [-0.15, -0.1) is 11.3 Å². The van der Waals surface area contributed by atoms with Crippen LogP contribution in [0.4, 0.5) is 4.39 Å². The van der Waals surface area contributed by atoms with E-state index in [1.54, 1.807) is 17.4 Å². The van der Waals surface area contributed by atoms with E-state index < -0.39 is 6.10 Å². The van der Waals surface area contributed by atoms with Crippen LogP contribution < -0.4 is 0 Å². The van der Waals surface area contributed by atoms with Gasteiger partial charge in [-0.25, -0.2) is 4.39 Å². The van der Waals surface area contributed by atoms with Crippen molar-refractivity contribution in [2.45, 2.75) is 13.0 Å². The number of aliphatic hydroxyl groups excluding tert-OH is 1. The number of hydrogen-bond acceptors (Lipinski definition) is 2. The summed E-state index contributed by atoms with van der Waals surface area (Å²) < 4.78 is 14.3. The molecule has 96 valence electrons. The summed E-state index contributed by atoms with van der Waals surface area (Å²) in [7, 11) is 0. The number of fused-ring (bicyclic) bond motifs is 1. The van der Waals surface area contributed by atoms with Crippen molar-refractivity contribution in [2.24, 2.45) is 0 Å². The van der Waals surface area contributed by atoms with Crippen LogP contribution in [0, 0.1) is 12.7 Å². The molecule has 1 N–H and O–H groups in total. The Morgan fingerprint density at radius 2 is 1.89 bits per heavy atom. The van der Waals surface area contributed by atoms with Crippen LogP contribution in [0.25, 0.3) is 10.1 Å². The molecule has 1 heterocycles. The lowest BCUT2D eigenvalue weighted by Crippen LogP contribution is -2.01. The zero-order valence-corrected chi connectivity index (χ0v) is 11.2. The van der Waals surface area contributed by atoms with E-state index in [9.17, 15) is 9.50 Å². The third kappa shape index (κ3) is 2.15. The Hall–Kier alpha value is -1.71. The molecule has 0 saturated heterocycles. The van der Waals surface area contributed by atoms with Crippen molar-refractivity contribution in [2.75, 3.05) is 0 Å². The average molecular weight is 272 g/mol. The van der Waals surface area contributed by atoms with Crippen LogP contribution >= 0.6 is 11.3 Å². The maximum atomic E-state index is 13.1. The minimum absolute atomic E-state index is 0.274. The van der Waals surface area contributed by atoms with E-state index in [4.69, 9.17) is 0 Å². The van der Waals surface area contributed by atoms with E-state index in [0.29, 0.717) is 0 Å². The Morgan fingerprint density at radius 1 is 1.11 bits per heavy atom. The van der Waals surface area contributed by atoms with E-state index in [1.807, 2.05) is 36.6 Å². The summed E-state index contributed by atoms with van der Waals surface area (Å²) in [6.07, 6.45) is -0.711. The quantitative estimate of drug-likeness (QED) is 0.731. The van der Waals surface area contributed by atoms with E-state index in [1.165, 1.54) is 12.1 Å². The highest BCUT2D eigenvalue weighted by atomic mass is 32.1. The predicted molar refractivity (Wildman–Crippen MR) is 77.0 cm³/mol. The topological polar surface area (TPSA) is 20.2 Å². The monoisotopic (exact) mass is 272 g/mol. The van der Waals surface area contributed by atoms with Gasteiger partial charge in [0, 0.05) is 10.3 Å². The van der Waals surface area contributed by atoms with Gasteiger partial charge < -0.3 is 5.11 Å². The smallest absolute Gasteiger partial charge is 0.123 e. The minimum atomic E-state index is -0.711. The fraction of sp³-hybridized carbons (Fsp3) is 0.125. The molecule has 0 radical (unpaired) electrons. The summed E-state index contributed by atoms with van der Waals surface area (Å²) in [6, 6.07) is 12.5. The fourth-order valence-electron chi connectivity index (χ4n) is 2.32. The van der Waals surface area contributed by atoms with Crippen molar-refractivity contribution in [3.8, 4) is 0 Å². The first-order valence-electron chi connectivity index (χ1n) is 6.07. The second kappa shape index (κ2) is 4.76. The second-order valence-corrected chi connectivity index (χ2v) is 5.50. The number of benzene rings is 2. The molecule has 2 aromatic carbocycles. The van der Waals surface area contributed by atoms with Crippen LogP contribution in [0.5, 0.6) is 0 Å². The van der Waals surface area contributed by atoms with Crippen molar-refractivity contribution in [3.05, 3.63) is 70.4 Å². The molecule has 0 amide bonds. The summed E-state index contributed by atoms with van der Waals surface area (Å²) in [6.45, 7) is 1.82. The van der Waals surface area contributed by atoms with Crippen LogP contribution in [0.15, 0.2) is 47.8 Å². The molecule has 0 aliphatic carbocycles. The van der Waals surface area contributed by atoms with Gasteiger partial charge in [-0.2, -0.15) is 0 Å². The predicted octanol–water partition coefficient (Wildman–Crippen LogP) is 4.43. The van der Waals surface area contributed by atoms with E-state index in [0.717, 1.165) is 26.8 Å². The largest absolute Gasteiger partial charge is 0.384 e. The fourth-order valence-corrected chi connectivity index (χ4v) is 3.30. The lowest BCUT2D eigenvalue weighted by atomic mass is 9.97. The highest BCUT2D eigenvalue weighted by Crippen LogP contribution is 2.34. The zero-order chi connectivity index (χ0) is 13.4. The van der Waals surface area contributed by atoms with E-state index >= 15 is 0 Å². The molecule has 0 saturated carbocycles. The van der Waals surface area contributed by atoms with Crippen molar-refractivity contribution >= 4 is 21.4 Å². The van der Waals surface area contributed by atoms with Crippen LogP contribution in [0.1, 0.15) is 22.8 Å². The van der Waals surface area contributed by atoms with E-state index in [2.05, 4.69) is 0 Å². The number of aryl methyl sites for hydroxylation is 1. The lowest BCUT2D eigenvalue weighted by molar-refractivity contribution is 0.221. The molecule has 1 nitrogen and oxygen atoms in total. The molecule has 0 fully saturated rings. The minimum Gasteiger partial charge on any atom is -0.384 e. The van der Waals surface area contributed by atoms with Crippen LogP contribution in [0.3, 0.4) is 0 Å². The molecule has 1 aromatic heterocycles. The molecule has 0 aliphatic heterocycles. The SMILES string of the molecule is Cc1cc(F)ccc1C(O)c1csc2ccccc12. The summed E-state index contributed by atoms with van der Waals surface area (Å²) in [5, 5.41) is 13.6. The van der Waals surface area contributed by atoms with Gasteiger partial charge in [0.15, 0.2) is 0 Å². The van der Waals surface area contributed by atoms with Gasteiger partial charge in [0.25, 0.3) is 0 Å². The van der Waals surface area contributed by atoms with Crippen molar-refractivity contribution in [1.29, 1.82) is 0 Å². The first kappa shape index (κ1) is 12.3. The summed E-state index contributed by atoms with van der Waals surface area (Å²) in [4.78, 5) is 0. The molecule has 0 aliphatic rings. The molecule has 3 heteroatoms. The number of hydrogen-bond donors (Lipinski definition) is 1. The molecule has 3 rings (SSSR count). The van der Waals surface area contributed by atoms with Gasteiger partial charge >= 0.3 is 0 Å². The molecule has 0 bridgehead atoms. The molecular weight excluding hydrogens is 259 g/mol. The summed E-state index contributed by atoms with van der Waals surface area (Å²) in [5.41, 5.74) is 2.41. The number of rotatable bonds is 2. The summed E-state index contributed by atoms with van der Waals surface area (Å²) in [5.74, 6) is -0.274. The first-order chi connectivity index (χ1) is 9.16. The number of aliphatic hydroxyl groups is 1. The van der Waals surface area contributed by atoms with Gasteiger partial charge in [0.1, 0.15) is 11.9 Å². The van der Waals surface area contributed by atoms with Crippen molar-refractivity contribution in [1.82, 2.24) is 0 Å². The highest BCUT2D eigenvalue weighted by Gasteiger charge is 2.17. The number of thiophene rings is 1. The third-order valence-electron chi connectivity index (χ3n) is 3.33. The Kier molecular flexibility index (Phi) is 3.09.